The normalized spacial score (nSPS) is 13.8. The summed E-state index contributed by atoms with van der Waals surface area (Å²) in [6.45, 7) is 1.34. The average molecular weight is 556 g/mol. The number of imidazole rings is 1. The Balaban J connectivity index is 1.24. The molecular formula is C33H29N7O2. The highest BCUT2D eigenvalue weighted by Crippen LogP contribution is 2.47. The van der Waals surface area contributed by atoms with E-state index in [-0.39, 0.29) is 17.9 Å². The second kappa shape index (κ2) is 10.3. The summed E-state index contributed by atoms with van der Waals surface area (Å²) in [5.74, 6) is 0.422. The molecule has 0 bridgehead atoms. The van der Waals surface area contributed by atoms with Gasteiger partial charge in [0.05, 0.1) is 22.6 Å². The van der Waals surface area contributed by atoms with E-state index in [4.69, 9.17) is 4.98 Å². The van der Waals surface area contributed by atoms with Gasteiger partial charge in [-0.3, -0.25) is 9.59 Å². The van der Waals surface area contributed by atoms with Crippen molar-refractivity contribution in [3.63, 3.8) is 0 Å². The van der Waals surface area contributed by atoms with Crippen molar-refractivity contribution < 1.29 is 9.59 Å². The molecule has 0 fully saturated rings. The molecule has 3 heterocycles. The van der Waals surface area contributed by atoms with E-state index < -0.39 is 0 Å². The van der Waals surface area contributed by atoms with Crippen LogP contribution in [0.1, 0.15) is 37.9 Å². The topological polar surface area (TPSA) is 119 Å². The highest BCUT2D eigenvalue weighted by molar-refractivity contribution is 6.06. The number of carbonyl (C=O) groups is 2. The number of hydrogen-bond acceptors (Lipinski definition) is 5. The highest BCUT2D eigenvalue weighted by Gasteiger charge is 2.32. The first-order chi connectivity index (χ1) is 20.5. The van der Waals surface area contributed by atoms with Gasteiger partial charge in [0.15, 0.2) is 0 Å². The number of benzene rings is 3. The highest BCUT2D eigenvalue weighted by atomic mass is 16.2. The molecule has 1 aliphatic carbocycles. The summed E-state index contributed by atoms with van der Waals surface area (Å²) in [6.07, 6.45) is 3.43. The summed E-state index contributed by atoms with van der Waals surface area (Å²) in [5.41, 5.74) is 8.43. The molecule has 0 spiro atoms. The number of nitrogens with zero attached hydrogens (tertiary/aromatic N) is 3. The van der Waals surface area contributed by atoms with Crippen LogP contribution in [0.15, 0.2) is 85.2 Å². The first kappa shape index (κ1) is 25.7. The fourth-order valence-electron chi connectivity index (χ4n) is 5.75. The standard InChI is InChI=1S/C33H29N7O2/c1-40(2)17-16-36-32(41)19-10-11-26-27(18-19)38-31(37-26)25-9-5-8-24-28(25)20-6-3-4-7-21(20)29(24)39-33(42)23-13-15-35-30-22(23)12-14-34-30/h3-15,18,29H,16-17H2,1-2H3,(H,34,35)(H,36,41)(H,37,38)(H,39,42). The van der Waals surface area contributed by atoms with E-state index in [1.165, 1.54) is 0 Å². The van der Waals surface area contributed by atoms with Gasteiger partial charge >= 0.3 is 0 Å². The quantitative estimate of drug-likeness (QED) is 0.224. The Kier molecular flexibility index (Phi) is 6.28. The molecule has 7 rings (SSSR count). The minimum absolute atomic E-state index is 0.117. The van der Waals surface area contributed by atoms with Crippen molar-refractivity contribution >= 4 is 33.9 Å². The zero-order valence-corrected chi connectivity index (χ0v) is 23.2. The fraction of sp³-hybridized carbons (Fsp3) is 0.152. The van der Waals surface area contributed by atoms with Gasteiger partial charge in [-0.2, -0.15) is 0 Å². The first-order valence-corrected chi connectivity index (χ1v) is 13.9. The Bertz CT molecular complexity index is 1990. The summed E-state index contributed by atoms with van der Waals surface area (Å²) in [7, 11) is 3.95. The van der Waals surface area contributed by atoms with Gasteiger partial charge < -0.3 is 25.5 Å². The van der Waals surface area contributed by atoms with Crippen LogP contribution in [0.25, 0.3) is 44.6 Å². The molecule has 0 saturated heterocycles. The summed E-state index contributed by atoms with van der Waals surface area (Å²) < 4.78 is 0. The van der Waals surface area contributed by atoms with Crippen LogP contribution in [0.4, 0.5) is 0 Å². The van der Waals surface area contributed by atoms with E-state index in [2.05, 4.69) is 43.8 Å². The number of rotatable bonds is 7. The molecule has 42 heavy (non-hydrogen) atoms. The zero-order chi connectivity index (χ0) is 28.8. The minimum Gasteiger partial charge on any atom is -0.351 e. The van der Waals surface area contributed by atoms with Crippen molar-refractivity contribution in [3.8, 4) is 22.5 Å². The maximum Gasteiger partial charge on any atom is 0.252 e. The Labute approximate surface area is 242 Å². The lowest BCUT2D eigenvalue weighted by atomic mass is 9.98. The molecule has 2 amide bonds. The van der Waals surface area contributed by atoms with Gasteiger partial charge in [0.1, 0.15) is 11.5 Å². The van der Waals surface area contributed by atoms with Crippen LogP contribution in [-0.4, -0.2) is 63.8 Å². The SMILES string of the molecule is CN(C)CCNC(=O)c1ccc2nc(-c3cccc4c3-c3ccccc3C4NC(=O)c3ccnc4[nH]ccc34)[nH]c2c1. The number of aromatic nitrogens is 4. The molecule has 1 unspecified atom stereocenters. The van der Waals surface area contributed by atoms with Gasteiger partial charge in [0.25, 0.3) is 11.8 Å². The summed E-state index contributed by atoms with van der Waals surface area (Å²) >= 11 is 0. The molecule has 4 N–H and O–H groups in total. The van der Waals surface area contributed by atoms with Crippen LogP contribution in [0.2, 0.25) is 0 Å². The molecule has 1 atom stereocenters. The number of likely N-dealkylation sites (N-methyl/N-ethyl adjacent to an activating group) is 1. The number of hydrogen-bond donors (Lipinski definition) is 4. The van der Waals surface area contributed by atoms with Crippen LogP contribution in [-0.2, 0) is 0 Å². The van der Waals surface area contributed by atoms with Crippen LogP contribution in [0.5, 0.6) is 0 Å². The van der Waals surface area contributed by atoms with Gasteiger partial charge in [-0.1, -0.05) is 42.5 Å². The van der Waals surface area contributed by atoms with Crippen molar-refractivity contribution in [2.24, 2.45) is 0 Å². The third-order valence-corrected chi connectivity index (χ3v) is 7.77. The van der Waals surface area contributed by atoms with E-state index in [1.54, 1.807) is 24.5 Å². The molecule has 0 aliphatic heterocycles. The van der Waals surface area contributed by atoms with Gasteiger partial charge in [-0.15, -0.1) is 0 Å². The Morgan fingerprint density at radius 3 is 2.64 bits per heavy atom. The fourth-order valence-corrected chi connectivity index (χ4v) is 5.75. The monoisotopic (exact) mass is 555 g/mol. The van der Waals surface area contributed by atoms with E-state index in [9.17, 15) is 9.59 Å². The predicted octanol–water partition coefficient (Wildman–Crippen LogP) is 4.90. The number of H-pyrrole nitrogens is 2. The minimum atomic E-state index is -0.326. The number of nitrogens with one attached hydrogen (secondary N) is 4. The van der Waals surface area contributed by atoms with E-state index in [0.29, 0.717) is 29.1 Å². The van der Waals surface area contributed by atoms with Crippen LogP contribution >= 0.6 is 0 Å². The summed E-state index contributed by atoms with van der Waals surface area (Å²) in [4.78, 5) is 44.0. The third kappa shape index (κ3) is 4.40. The molecular weight excluding hydrogens is 526 g/mol. The summed E-state index contributed by atoms with van der Waals surface area (Å²) in [5, 5.41) is 7.02. The lowest BCUT2D eigenvalue weighted by Crippen LogP contribution is -2.31. The average Bonchev–Trinajstić information content (AvgIpc) is 3.72. The summed E-state index contributed by atoms with van der Waals surface area (Å²) in [6, 6.07) is 23.0. The lowest BCUT2D eigenvalue weighted by Gasteiger charge is -2.16. The molecule has 1 aliphatic rings. The number of aromatic amines is 2. The third-order valence-electron chi connectivity index (χ3n) is 7.77. The van der Waals surface area contributed by atoms with E-state index >= 15 is 0 Å². The number of carbonyl (C=O) groups excluding carboxylic acids is 2. The largest absolute Gasteiger partial charge is 0.351 e. The molecule has 3 aromatic carbocycles. The molecule has 0 radical (unpaired) electrons. The smallest absolute Gasteiger partial charge is 0.252 e. The zero-order valence-electron chi connectivity index (χ0n) is 23.2. The van der Waals surface area contributed by atoms with Gasteiger partial charge in [-0.05, 0) is 66.7 Å². The van der Waals surface area contributed by atoms with E-state index in [0.717, 1.165) is 50.8 Å². The maximum absolute atomic E-state index is 13.6. The molecule has 3 aromatic heterocycles. The predicted molar refractivity (Wildman–Crippen MR) is 163 cm³/mol. The first-order valence-electron chi connectivity index (χ1n) is 13.9. The molecule has 0 saturated carbocycles. The second-order valence-electron chi connectivity index (χ2n) is 10.7. The van der Waals surface area contributed by atoms with Crippen molar-refractivity contribution in [2.75, 3.05) is 27.2 Å². The Hall–Kier alpha value is -5.28. The number of fused-ring (bicyclic) bond motifs is 5. The molecule has 9 heteroatoms. The molecule has 208 valence electrons. The van der Waals surface area contributed by atoms with Crippen molar-refractivity contribution in [1.29, 1.82) is 0 Å². The second-order valence-corrected chi connectivity index (χ2v) is 10.7. The Morgan fingerprint density at radius 1 is 0.929 bits per heavy atom. The molecule has 6 aromatic rings. The van der Waals surface area contributed by atoms with Crippen molar-refractivity contribution in [3.05, 3.63) is 107 Å². The lowest BCUT2D eigenvalue weighted by molar-refractivity contribution is 0.0939. The van der Waals surface area contributed by atoms with Gasteiger partial charge in [-0.25, -0.2) is 9.97 Å². The number of amides is 2. The maximum atomic E-state index is 13.6. The van der Waals surface area contributed by atoms with Crippen molar-refractivity contribution in [2.45, 2.75) is 6.04 Å². The van der Waals surface area contributed by atoms with E-state index in [1.807, 2.05) is 61.5 Å². The number of pyridine rings is 1. The van der Waals surface area contributed by atoms with Gasteiger partial charge in [0, 0.05) is 42.0 Å². The van der Waals surface area contributed by atoms with Crippen LogP contribution in [0, 0.1) is 0 Å². The van der Waals surface area contributed by atoms with Crippen molar-refractivity contribution in [1.82, 2.24) is 35.5 Å². The molecule has 9 nitrogen and oxygen atoms in total. The van der Waals surface area contributed by atoms with Crippen LogP contribution in [0.3, 0.4) is 0 Å². The van der Waals surface area contributed by atoms with Gasteiger partial charge in [0.2, 0.25) is 0 Å². The van der Waals surface area contributed by atoms with Crippen LogP contribution < -0.4 is 10.6 Å². The Morgan fingerprint density at radius 2 is 1.76 bits per heavy atom.